The van der Waals surface area contributed by atoms with Crippen LogP contribution in [0.2, 0.25) is 0 Å². The average molecular weight is 250 g/mol. The molecule has 0 aliphatic carbocycles. The van der Waals surface area contributed by atoms with E-state index in [1.807, 2.05) is 13.2 Å². The molecule has 0 spiro atoms. The lowest BCUT2D eigenvalue weighted by molar-refractivity contribution is 0.484. The first kappa shape index (κ1) is 14.7. The van der Waals surface area contributed by atoms with E-state index in [-0.39, 0.29) is 0 Å². The standard InChI is InChI=1S/C14H26N4/c1-6-12(7-2)10-18(8-3)13-11(4)9-16-14(15-5)17-13/h9,12H,6-8,10H2,1-5H3,(H,15,16,17). The second kappa shape index (κ2) is 7.19. The van der Waals surface area contributed by atoms with Crippen molar-refractivity contribution in [2.45, 2.75) is 40.5 Å². The smallest absolute Gasteiger partial charge is 0.224 e. The van der Waals surface area contributed by atoms with Gasteiger partial charge in [-0.15, -0.1) is 0 Å². The molecule has 0 atom stereocenters. The number of rotatable bonds is 7. The van der Waals surface area contributed by atoms with E-state index in [4.69, 9.17) is 0 Å². The maximum absolute atomic E-state index is 4.59. The molecule has 4 nitrogen and oxygen atoms in total. The molecule has 0 saturated heterocycles. The van der Waals surface area contributed by atoms with Gasteiger partial charge in [-0.3, -0.25) is 0 Å². The minimum Gasteiger partial charge on any atom is -0.357 e. The predicted molar refractivity (Wildman–Crippen MR) is 78.3 cm³/mol. The molecule has 0 radical (unpaired) electrons. The summed E-state index contributed by atoms with van der Waals surface area (Å²) in [5.41, 5.74) is 1.14. The summed E-state index contributed by atoms with van der Waals surface area (Å²) in [4.78, 5) is 11.2. The molecule has 102 valence electrons. The Kier molecular flexibility index (Phi) is 5.89. The van der Waals surface area contributed by atoms with Gasteiger partial charge in [0.15, 0.2) is 0 Å². The Labute approximate surface area is 111 Å². The third-order valence-corrected chi connectivity index (χ3v) is 3.48. The Morgan fingerprint density at radius 1 is 1.28 bits per heavy atom. The minimum absolute atomic E-state index is 0.693. The number of hydrogen-bond donors (Lipinski definition) is 1. The molecule has 1 aromatic rings. The maximum atomic E-state index is 4.59. The van der Waals surface area contributed by atoms with Crippen molar-refractivity contribution >= 4 is 11.8 Å². The summed E-state index contributed by atoms with van der Waals surface area (Å²) in [5.74, 6) is 2.49. The molecule has 0 amide bonds. The number of anilines is 2. The fourth-order valence-corrected chi connectivity index (χ4v) is 2.10. The fourth-order valence-electron chi connectivity index (χ4n) is 2.10. The normalized spacial score (nSPS) is 10.8. The zero-order valence-corrected chi connectivity index (χ0v) is 12.3. The summed E-state index contributed by atoms with van der Waals surface area (Å²) in [5, 5.41) is 3.01. The summed E-state index contributed by atoms with van der Waals surface area (Å²) < 4.78 is 0. The molecule has 0 bridgehead atoms. The van der Waals surface area contributed by atoms with E-state index in [1.54, 1.807) is 0 Å². The zero-order chi connectivity index (χ0) is 13.5. The molecule has 0 aliphatic rings. The number of aromatic nitrogens is 2. The lowest BCUT2D eigenvalue weighted by Crippen LogP contribution is -2.30. The molecule has 0 unspecified atom stereocenters. The highest BCUT2D eigenvalue weighted by atomic mass is 15.2. The molecule has 1 heterocycles. The van der Waals surface area contributed by atoms with Crippen LogP contribution in [0.1, 0.15) is 39.2 Å². The van der Waals surface area contributed by atoms with Crippen LogP contribution in [0.4, 0.5) is 11.8 Å². The lowest BCUT2D eigenvalue weighted by atomic mass is 10.0. The van der Waals surface area contributed by atoms with E-state index in [9.17, 15) is 0 Å². The Bertz CT molecular complexity index is 361. The number of nitrogens with zero attached hydrogens (tertiary/aromatic N) is 3. The SMILES string of the molecule is CCC(CC)CN(CC)c1nc(NC)ncc1C. The van der Waals surface area contributed by atoms with Crippen LogP contribution in [0.3, 0.4) is 0 Å². The van der Waals surface area contributed by atoms with E-state index < -0.39 is 0 Å². The van der Waals surface area contributed by atoms with E-state index in [1.165, 1.54) is 12.8 Å². The molecular weight excluding hydrogens is 224 g/mol. The van der Waals surface area contributed by atoms with Gasteiger partial charge < -0.3 is 10.2 Å². The molecule has 0 aromatic carbocycles. The average Bonchev–Trinajstić information content (AvgIpc) is 2.41. The molecule has 1 rings (SSSR count). The highest BCUT2D eigenvalue weighted by Gasteiger charge is 2.14. The first-order valence-electron chi connectivity index (χ1n) is 6.92. The van der Waals surface area contributed by atoms with Crippen LogP contribution in [0.25, 0.3) is 0 Å². The molecule has 0 saturated carbocycles. The van der Waals surface area contributed by atoms with Crippen LogP contribution in [-0.2, 0) is 0 Å². The van der Waals surface area contributed by atoms with Gasteiger partial charge >= 0.3 is 0 Å². The topological polar surface area (TPSA) is 41.1 Å². The van der Waals surface area contributed by atoms with E-state index in [0.717, 1.165) is 30.4 Å². The molecule has 0 fully saturated rings. The van der Waals surface area contributed by atoms with Crippen LogP contribution < -0.4 is 10.2 Å². The Morgan fingerprint density at radius 2 is 1.94 bits per heavy atom. The second-order valence-electron chi connectivity index (χ2n) is 4.67. The first-order valence-corrected chi connectivity index (χ1v) is 6.92. The zero-order valence-electron chi connectivity index (χ0n) is 12.3. The van der Waals surface area contributed by atoms with Crippen molar-refractivity contribution in [1.29, 1.82) is 0 Å². The number of nitrogens with one attached hydrogen (secondary N) is 1. The van der Waals surface area contributed by atoms with Crippen molar-refractivity contribution in [3.05, 3.63) is 11.8 Å². The number of hydrogen-bond acceptors (Lipinski definition) is 4. The second-order valence-corrected chi connectivity index (χ2v) is 4.67. The van der Waals surface area contributed by atoms with Gasteiger partial charge in [-0.25, -0.2) is 4.98 Å². The summed E-state index contributed by atoms with van der Waals surface area (Å²) in [6, 6.07) is 0. The monoisotopic (exact) mass is 250 g/mol. The highest BCUT2D eigenvalue weighted by Crippen LogP contribution is 2.20. The van der Waals surface area contributed by atoms with E-state index >= 15 is 0 Å². The largest absolute Gasteiger partial charge is 0.357 e. The molecule has 4 heteroatoms. The van der Waals surface area contributed by atoms with Gasteiger partial charge in [-0.05, 0) is 19.8 Å². The minimum atomic E-state index is 0.693. The first-order chi connectivity index (χ1) is 8.65. The summed E-state index contributed by atoms with van der Waals surface area (Å²) in [6.45, 7) is 10.8. The molecule has 0 aliphatic heterocycles. The molecular formula is C14H26N4. The van der Waals surface area contributed by atoms with Crippen molar-refractivity contribution in [2.24, 2.45) is 5.92 Å². The summed E-state index contributed by atoms with van der Waals surface area (Å²) >= 11 is 0. The van der Waals surface area contributed by atoms with Gasteiger partial charge in [0.2, 0.25) is 5.95 Å². The van der Waals surface area contributed by atoms with Crippen molar-refractivity contribution in [2.75, 3.05) is 30.4 Å². The quantitative estimate of drug-likeness (QED) is 0.807. The fraction of sp³-hybridized carbons (Fsp3) is 0.714. The predicted octanol–water partition coefficient (Wildman–Crippen LogP) is 3.09. The van der Waals surface area contributed by atoms with Crippen LogP contribution in [0, 0.1) is 12.8 Å². The highest BCUT2D eigenvalue weighted by molar-refractivity contribution is 5.48. The van der Waals surface area contributed by atoms with Crippen molar-refractivity contribution in [1.82, 2.24) is 9.97 Å². The third kappa shape index (κ3) is 3.59. The van der Waals surface area contributed by atoms with Gasteiger partial charge in [0.05, 0.1) is 0 Å². The van der Waals surface area contributed by atoms with Gasteiger partial charge in [0.25, 0.3) is 0 Å². The van der Waals surface area contributed by atoms with E-state index in [2.05, 4.69) is 47.9 Å². The Balaban J connectivity index is 2.93. The maximum Gasteiger partial charge on any atom is 0.224 e. The third-order valence-electron chi connectivity index (χ3n) is 3.48. The van der Waals surface area contributed by atoms with Crippen LogP contribution in [-0.4, -0.2) is 30.1 Å². The van der Waals surface area contributed by atoms with Crippen LogP contribution >= 0.6 is 0 Å². The van der Waals surface area contributed by atoms with Gasteiger partial charge in [0, 0.05) is 31.9 Å². The number of aryl methyl sites for hydroxylation is 1. The lowest BCUT2D eigenvalue weighted by Gasteiger charge is -2.27. The molecule has 1 aromatic heterocycles. The van der Waals surface area contributed by atoms with Gasteiger partial charge in [-0.1, -0.05) is 26.7 Å². The van der Waals surface area contributed by atoms with Gasteiger partial charge in [0.1, 0.15) is 5.82 Å². The van der Waals surface area contributed by atoms with Crippen molar-refractivity contribution in [3.8, 4) is 0 Å². The summed E-state index contributed by atoms with van der Waals surface area (Å²) in [6.07, 6.45) is 4.33. The molecule has 1 N–H and O–H groups in total. The van der Waals surface area contributed by atoms with E-state index in [0.29, 0.717) is 5.95 Å². The van der Waals surface area contributed by atoms with Crippen LogP contribution in [0.5, 0.6) is 0 Å². The van der Waals surface area contributed by atoms with Crippen LogP contribution in [0.15, 0.2) is 6.20 Å². The van der Waals surface area contributed by atoms with Crippen molar-refractivity contribution in [3.63, 3.8) is 0 Å². The Hall–Kier alpha value is -1.32. The van der Waals surface area contributed by atoms with Gasteiger partial charge in [-0.2, -0.15) is 4.98 Å². The molecule has 18 heavy (non-hydrogen) atoms. The Morgan fingerprint density at radius 3 is 2.44 bits per heavy atom. The van der Waals surface area contributed by atoms with Crippen molar-refractivity contribution < 1.29 is 0 Å². The summed E-state index contributed by atoms with van der Waals surface area (Å²) in [7, 11) is 1.85.